The lowest BCUT2D eigenvalue weighted by Crippen LogP contribution is -2.22. The Balaban J connectivity index is 1.95. The number of hydrogen-bond acceptors (Lipinski definition) is 4. The zero-order valence-electron chi connectivity index (χ0n) is 8.86. The van der Waals surface area contributed by atoms with Crippen molar-refractivity contribution in [3.63, 3.8) is 0 Å². The molecular weight excluding hydrogens is 230 g/mol. The number of anilines is 1. The largest absolute Gasteiger partial charge is 0.308 e. The maximum atomic E-state index is 11.3. The molecule has 7 heteroatoms. The van der Waals surface area contributed by atoms with Gasteiger partial charge in [0.15, 0.2) is 15.7 Å². The van der Waals surface area contributed by atoms with Crippen LogP contribution in [-0.4, -0.2) is 36.5 Å². The third kappa shape index (κ3) is 3.06. The van der Waals surface area contributed by atoms with E-state index in [2.05, 4.69) is 15.5 Å². The molecule has 1 aliphatic rings. The minimum absolute atomic E-state index is 0.385. The summed E-state index contributed by atoms with van der Waals surface area (Å²) in [5, 5.41) is 9.16. The second-order valence-corrected chi connectivity index (χ2v) is 6.24. The SMILES string of the molecule is CS(=O)(=O)CC(=O)Nc1cc(C2CC2)[nH]n1. The van der Waals surface area contributed by atoms with Crippen LogP contribution in [0.5, 0.6) is 0 Å². The molecule has 1 aliphatic carbocycles. The lowest BCUT2D eigenvalue weighted by molar-refractivity contribution is -0.113. The number of carbonyl (C=O) groups excluding carboxylic acids is 1. The second-order valence-electron chi connectivity index (χ2n) is 4.10. The highest BCUT2D eigenvalue weighted by Gasteiger charge is 2.25. The van der Waals surface area contributed by atoms with Crippen molar-refractivity contribution in [2.24, 2.45) is 0 Å². The molecule has 0 saturated heterocycles. The first kappa shape index (κ1) is 11.1. The van der Waals surface area contributed by atoms with E-state index in [0.717, 1.165) is 24.8 Å². The molecule has 2 N–H and O–H groups in total. The fraction of sp³-hybridized carbons (Fsp3) is 0.556. The van der Waals surface area contributed by atoms with E-state index < -0.39 is 21.5 Å². The van der Waals surface area contributed by atoms with Crippen LogP contribution in [0.1, 0.15) is 24.5 Å². The van der Waals surface area contributed by atoms with Gasteiger partial charge in [-0.2, -0.15) is 5.10 Å². The molecule has 0 atom stereocenters. The van der Waals surface area contributed by atoms with Crippen molar-refractivity contribution in [2.75, 3.05) is 17.3 Å². The van der Waals surface area contributed by atoms with Gasteiger partial charge in [-0.05, 0) is 12.8 Å². The molecular formula is C9H13N3O3S. The number of amides is 1. The summed E-state index contributed by atoms with van der Waals surface area (Å²) >= 11 is 0. The van der Waals surface area contributed by atoms with Gasteiger partial charge in [0.1, 0.15) is 5.75 Å². The van der Waals surface area contributed by atoms with E-state index in [0.29, 0.717) is 11.7 Å². The highest BCUT2D eigenvalue weighted by molar-refractivity contribution is 7.91. The maximum Gasteiger partial charge on any atom is 0.240 e. The van der Waals surface area contributed by atoms with E-state index in [4.69, 9.17) is 0 Å². The number of H-pyrrole nitrogens is 1. The molecule has 1 amide bonds. The number of rotatable bonds is 4. The Hall–Kier alpha value is -1.37. The van der Waals surface area contributed by atoms with Crippen molar-refractivity contribution in [1.29, 1.82) is 0 Å². The molecule has 2 rings (SSSR count). The summed E-state index contributed by atoms with van der Waals surface area (Å²) in [5.74, 6) is -0.168. The molecule has 0 aliphatic heterocycles. The predicted molar refractivity (Wildman–Crippen MR) is 58.9 cm³/mol. The maximum absolute atomic E-state index is 11.3. The van der Waals surface area contributed by atoms with Crippen molar-refractivity contribution in [1.82, 2.24) is 10.2 Å². The highest BCUT2D eigenvalue weighted by Crippen LogP contribution is 2.39. The molecule has 0 bridgehead atoms. The Labute approximate surface area is 93.3 Å². The molecule has 0 aromatic carbocycles. The van der Waals surface area contributed by atoms with E-state index >= 15 is 0 Å². The van der Waals surface area contributed by atoms with Crippen LogP contribution in [0.25, 0.3) is 0 Å². The summed E-state index contributed by atoms with van der Waals surface area (Å²) in [7, 11) is -3.29. The average molecular weight is 243 g/mol. The Kier molecular flexibility index (Phi) is 2.71. The van der Waals surface area contributed by atoms with Gasteiger partial charge in [0.25, 0.3) is 0 Å². The van der Waals surface area contributed by atoms with Crippen LogP contribution in [0.2, 0.25) is 0 Å². The van der Waals surface area contributed by atoms with E-state index in [-0.39, 0.29) is 0 Å². The Morgan fingerprint density at radius 1 is 1.62 bits per heavy atom. The van der Waals surface area contributed by atoms with Gasteiger partial charge in [0, 0.05) is 23.9 Å². The van der Waals surface area contributed by atoms with Gasteiger partial charge >= 0.3 is 0 Å². The summed E-state index contributed by atoms with van der Waals surface area (Å²) in [5.41, 5.74) is 0.995. The van der Waals surface area contributed by atoms with Crippen molar-refractivity contribution < 1.29 is 13.2 Å². The van der Waals surface area contributed by atoms with Crippen LogP contribution in [0, 0.1) is 0 Å². The van der Waals surface area contributed by atoms with Gasteiger partial charge in [0.2, 0.25) is 5.91 Å². The topological polar surface area (TPSA) is 91.9 Å². The van der Waals surface area contributed by atoms with Crippen LogP contribution in [0.4, 0.5) is 5.82 Å². The summed E-state index contributed by atoms with van der Waals surface area (Å²) in [6.07, 6.45) is 3.30. The smallest absolute Gasteiger partial charge is 0.240 e. The molecule has 0 radical (unpaired) electrons. The number of hydrogen-bond donors (Lipinski definition) is 2. The van der Waals surface area contributed by atoms with E-state index in [1.165, 1.54) is 0 Å². The molecule has 16 heavy (non-hydrogen) atoms. The molecule has 1 aromatic heterocycles. The van der Waals surface area contributed by atoms with Gasteiger partial charge < -0.3 is 5.32 Å². The minimum Gasteiger partial charge on any atom is -0.308 e. The number of nitrogens with one attached hydrogen (secondary N) is 2. The Morgan fingerprint density at radius 2 is 2.31 bits per heavy atom. The number of nitrogens with zero attached hydrogens (tertiary/aromatic N) is 1. The van der Waals surface area contributed by atoms with E-state index in [1.807, 2.05) is 0 Å². The van der Waals surface area contributed by atoms with Gasteiger partial charge in [-0.15, -0.1) is 0 Å². The lowest BCUT2D eigenvalue weighted by Gasteiger charge is -1.98. The van der Waals surface area contributed by atoms with Crippen molar-refractivity contribution in [3.8, 4) is 0 Å². The minimum atomic E-state index is -3.29. The van der Waals surface area contributed by atoms with Gasteiger partial charge in [-0.1, -0.05) is 0 Å². The van der Waals surface area contributed by atoms with Crippen LogP contribution in [0.3, 0.4) is 0 Å². The first-order valence-electron chi connectivity index (χ1n) is 4.97. The van der Waals surface area contributed by atoms with Gasteiger partial charge in [0.05, 0.1) is 0 Å². The second kappa shape index (κ2) is 3.89. The standard InChI is InChI=1S/C9H13N3O3S/c1-16(14,15)5-9(13)10-8-4-7(11-12-8)6-2-3-6/h4,6H,2-3,5H2,1H3,(H2,10,11,12,13). The molecule has 0 unspecified atom stereocenters. The lowest BCUT2D eigenvalue weighted by atomic mass is 10.3. The fourth-order valence-corrected chi connectivity index (χ4v) is 1.97. The quantitative estimate of drug-likeness (QED) is 0.794. The average Bonchev–Trinajstić information content (AvgIpc) is 2.85. The molecule has 88 valence electrons. The fourth-order valence-electron chi connectivity index (χ4n) is 1.42. The van der Waals surface area contributed by atoms with Crippen LogP contribution in [-0.2, 0) is 14.6 Å². The number of aromatic nitrogens is 2. The highest BCUT2D eigenvalue weighted by atomic mass is 32.2. The first-order chi connectivity index (χ1) is 7.44. The van der Waals surface area contributed by atoms with E-state index in [1.54, 1.807) is 6.07 Å². The van der Waals surface area contributed by atoms with Gasteiger partial charge in [-0.25, -0.2) is 8.42 Å². The Bertz CT molecular complexity index is 502. The van der Waals surface area contributed by atoms with Crippen molar-refractivity contribution in [2.45, 2.75) is 18.8 Å². The van der Waals surface area contributed by atoms with Crippen LogP contribution >= 0.6 is 0 Å². The predicted octanol–water partition coefficient (Wildman–Crippen LogP) is 0.270. The molecule has 1 saturated carbocycles. The number of carbonyl (C=O) groups is 1. The zero-order chi connectivity index (χ0) is 11.8. The molecule has 1 aromatic rings. The normalized spacial score (nSPS) is 16.1. The summed E-state index contributed by atoms with van der Waals surface area (Å²) in [6, 6.07) is 1.75. The third-order valence-corrected chi connectivity index (χ3v) is 3.06. The van der Waals surface area contributed by atoms with E-state index in [9.17, 15) is 13.2 Å². The van der Waals surface area contributed by atoms with Crippen LogP contribution < -0.4 is 5.32 Å². The first-order valence-corrected chi connectivity index (χ1v) is 7.03. The zero-order valence-corrected chi connectivity index (χ0v) is 9.67. The number of aromatic amines is 1. The number of sulfone groups is 1. The molecule has 0 spiro atoms. The molecule has 1 fully saturated rings. The molecule has 1 heterocycles. The monoisotopic (exact) mass is 243 g/mol. The third-order valence-electron chi connectivity index (χ3n) is 2.28. The summed E-state index contributed by atoms with van der Waals surface area (Å²) < 4.78 is 21.7. The van der Waals surface area contributed by atoms with Crippen LogP contribution in [0.15, 0.2) is 6.07 Å². The summed E-state index contributed by atoms with van der Waals surface area (Å²) in [6.45, 7) is 0. The van der Waals surface area contributed by atoms with Crippen molar-refractivity contribution in [3.05, 3.63) is 11.8 Å². The summed E-state index contributed by atoms with van der Waals surface area (Å²) in [4.78, 5) is 11.3. The van der Waals surface area contributed by atoms with Gasteiger partial charge in [-0.3, -0.25) is 9.89 Å². The Morgan fingerprint density at radius 3 is 2.88 bits per heavy atom. The molecule has 6 nitrogen and oxygen atoms in total. The van der Waals surface area contributed by atoms with Crippen molar-refractivity contribution >= 4 is 21.6 Å².